The summed E-state index contributed by atoms with van der Waals surface area (Å²) in [6.07, 6.45) is 3.17. The Morgan fingerprint density at radius 3 is 3.00 bits per heavy atom. The molecule has 2 rings (SSSR count). The van der Waals surface area contributed by atoms with Crippen LogP contribution in [0.15, 0.2) is 24.5 Å². The molecule has 1 heterocycles. The second-order valence-corrected chi connectivity index (χ2v) is 4.63. The van der Waals surface area contributed by atoms with Crippen molar-refractivity contribution in [2.75, 3.05) is 20.1 Å². The van der Waals surface area contributed by atoms with Gasteiger partial charge in [-0.15, -0.1) is 0 Å². The molecule has 0 aliphatic rings. The highest BCUT2D eigenvalue weighted by molar-refractivity contribution is 5.77. The van der Waals surface area contributed by atoms with Crippen molar-refractivity contribution in [2.45, 2.75) is 12.8 Å². The van der Waals surface area contributed by atoms with E-state index >= 15 is 0 Å². The quantitative estimate of drug-likeness (QED) is 0.809. The third-order valence-corrected chi connectivity index (χ3v) is 3.13. The molecule has 0 aliphatic heterocycles. The number of hydrogen-bond donors (Lipinski definition) is 2. The molecule has 0 spiro atoms. The van der Waals surface area contributed by atoms with Gasteiger partial charge in [-0.05, 0) is 31.2 Å². The Labute approximate surface area is 113 Å². The molecule has 0 saturated carbocycles. The van der Waals surface area contributed by atoms with Gasteiger partial charge in [0.05, 0.1) is 17.4 Å². The summed E-state index contributed by atoms with van der Waals surface area (Å²) in [6, 6.07) is 6.24. The van der Waals surface area contributed by atoms with E-state index < -0.39 is 0 Å². The molecule has 0 unspecified atom stereocenters. The zero-order valence-corrected chi connectivity index (χ0v) is 11.4. The van der Waals surface area contributed by atoms with Gasteiger partial charge in [-0.2, -0.15) is 0 Å². The topological polar surface area (TPSA) is 59.0 Å². The number of carbonyl (C=O) groups is 1. The Morgan fingerprint density at radius 2 is 2.21 bits per heavy atom. The Morgan fingerprint density at radius 1 is 1.37 bits per heavy atom. The first-order valence-electron chi connectivity index (χ1n) is 6.52. The molecular weight excluding hydrogens is 240 g/mol. The van der Waals surface area contributed by atoms with E-state index in [-0.39, 0.29) is 5.91 Å². The van der Waals surface area contributed by atoms with Crippen LogP contribution in [-0.2, 0) is 18.3 Å². The molecule has 102 valence electrons. The normalized spacial score (nSPS) is 10.8. The van der Waals surface area contributed by atoms with Crippen molar-refractivity contribution < 1.29 is 4.79 Å². The largest absolute Gasteiger partial charge is 0.356 e. The fraction of sp³-hybridized carbons (Fsp3) is 0.429. The number of nitrogens with one attached hydrogen (secondary N) is 2. The molecule has 5 nitrogen and oxygen atoms in total. The van der Waals surface area contributed by atoms with E-state index in [0.717, 1.165) is 17.5 Å². The summed E-state index contributed by atoms with van der Waals surface area (Å²) < 4.78 is 2.00. The zero-order chi connectivity index (χ0) is 13.7. The molecule has 2 N–H and O–H groups in total. The standard InChI is InChI=1S/C14H20N4O/c1-15-7-6-14(19)16-8-5-11-3-4-13-12(9-11)17-10-18(13)2/h3-4,9-10,15H,5-8H2,1-2H3,(H,16,19). The maximum Gasteiger partial charge on any atom is 0.221 e. The predicted octanol–water partition coefficient (Wildman–Crippen LogP) is 0.841. The van der Waals surface area contributed by atoms with E-state index in [9.17, 15) is 4.79 Å². The molecule has 0 aliphatic carbocycles. The molecule has 2 aromatic rings. The van der Waals surface area contributed by atoms with E-state index in [1.807, 2.05) is 25.0 Å². The van der Waals surface area contributed by atoms with Gasteiger partial charge in [-0.3, -0.25) is 4.79 Å². The number of nitrogens with zero attached hydrogens (tertiary/aromatic N) is 2. The number of carbonyl (C=O) groups excluding carboxylic acids is 1. The summed E-state index contributed by atoms with van der Waals surface area (Å²) in [6.45, 7) is 1.38. The van der Waals surface area contributed by atoms with E-state index in [1.165, 1.54) is 5.56 Å². The van der Waals surface area contributed by atoms with Crippen LogP contribution in [0.3, 0.4) is 0 Å². The Balaban J connectivity index is 1.86. The number of benzene rings is 1. The fourth-order valence-corrected chi connectivity index (χ4v) is 2.01. The summed E-state index contributed by atoms with van der Waals surface area (Å²) in [5.41, 5.74) is 3.32. The first-order chi connectivity index (χ1) is 9.20. The molecule has 0 radical (unpaired) electrons. The smallest absolute Gasteiger partial charge is 0.221 e. The minimum absolute atomic E-state index is 0.0910. The van der Waals surface area contributed by atoms with Crippen molar-refractivity contribution in [2.24, 2.45) is 7.05 Å². The van der Waals surface area contributed by atoms with Crippen LogP contribution in [0.1, 0.15) is 12.0 Å². The Kier molecular flexibility index (Phi) is 4.52. The van der Waals surface area contributed by atoms with E-state index in [2.05, 4.69) is 33.8 Å². The molecule has 1 amide bonds. The van der Waals surface area contributed by atoms with Crippen molar-refractivity contribution in [1.82, 2.24) is 20.2 Å². The minimum atomic E-state index is 0.0910. The second kappa shape index (κ2) is 6.33. The molecule has 0 bridgehead atoms. The number of rotatable bonds is 6. The van der Waals surface area contributed by atoms with Gasteiger partial charge in [0.2, 0.25) is 5.91 Å². The lowest BCUT2D eigenvalue weighted by Crippen LogP contribution is -2.28. The third-order valence-electron chi connectivity index (χ3n) is 3.13. The lowest BCUT2D eigenvalue weighted by molar-refractivity contribution is -0.120. The van der Waals surface area contributed by atoms with Crippen LogP contribution >= 0.6 is 0 Å². The first-order valence-corrected chi connectivity index (χ1v) is 6.52. The summed E-state index contributed by atoms with van der Waals surface area (Å²) in [5, 5.41) is 5.87. The van der Waals surface area contributed by atoms with Gasteiger partial charge in [0.1, 0.15) is 0 Å². The zero-order valence-electron chi connectivity index (χ0n) is 11.4. The molecule has 19 heavy (non-hydrogen) atoms. The van der Waals surface area contributed by atoms with Gasteiger partial charge in [-0.1, -0.05) is 6.07 Å². The monoisotopic (exact) mass is 260 g/mol. The number of imidazole rings is 1. The maximum atomic E-state index is 11.4. The number of aromatic nitrogens is 2. The molecule has 1 aromatic carbocycles. The summed E-state index contributed by atoms with van der Waals surface area (Å²) in [4.78, 5) is 15.8. The molecular formula is C14H20N4O. The first kappa shape index (κ1) is 13.5. The second-order valence-electron chi connectivity index (χ2n) is 4.63. The number of hydrogen-bond acceptors (Lipinski definition) is 3. The van der Waals surface area contributed by atoms with Crippen molar-refractivity contribution in [3.63, 3.8) is 0 Å². The lowest BCUT2D eigenvalue weighted by atomic mass is 10.1. The number of amides is 1. The minimum Gasteiger partial charge on any atom is -0.356 e. The Hall–Kier alpha value is -1.88. The average Bonchev–Trinajstić information content (AvgIpc) is 2.78. The highest BCUT2D eigenvalue weighted by Gasteiger charge is 2.02. The van der Waals surface area contributed by atoms with Gasteiger partial charge in [0, 0.05) is 26.6 Å². The van der Waals surface area contributed by atoms with Gasteiger partial charge in [0.15, 0.2) is 0 Å². The summed E-state index contributed by atoms with van der Waals surface area (Å²) in [5.74, 6) is 0.0910. The van der Waals surface area contributed by atoms with Crippen LogP contribution in [0.2, 0.25) is 0 Å². The van der Waals surface area contributed by atoms with Crippen molar-refractivity contribution >= 4 is 16.9 Å². The highest BCUT2D eigenvalue weighted by Crippen LogP contribution is 2.13. The number of aryl methyl sites for hydroxylation is 1. The molecule has 0 saturated heterocycles. The predicted molar refractivity (Wildman–Crippen MR) is 76.0 cm³/mol. The molecule has 0 atom stereocenters. The fourth-order valence-electron chi connectivity index (χ4n) is 2.01. The van der Waals surface area contributed by atoms with Crippen molar-refractivity contribution in [1.29, 1.82) is 0 Å². The summed E-state index contributed by atoms with van der Waals surface area (Å²) >= 11 is 0. The third kappa shape index (κ3) is 3.54. The molecule has 0 fully saturated rings. The highest BCUT2D eigenvalue weighted by atomic mass is 16.1. The maximum absolute atomic E-state index is 11.4. The van der Waals surface area contributed by atoms with E-state index in [0.29, 0.717) is 19.5 Å². The van der Waals surface area contributed by atoms with Crippen molar-refractivity contribution in [3.05, 3.63) is 30.1 Å². The van der Waals surface area contributed by atoms with Crippen LogP contribution in [-0.4, -0.2) is 35.6 Å². The van der Waals surface area contributed by atoms with Crippen molar-refractivity contribution in [3.8, 4) is 0 Å². The van der Waals surface area contributed by atoms with Crippen LogP contribution in [0.4, 0.5) is 0 Å². The average molecular weight is 260 g/mol. The Bertz CT molecular complexity index is 562. The SMILES string of the molecule is CNCCC(=O)NCCc1ccc2c(c1)ncn2C. The van der Waals surface area contributed by atoms with E-state index in [1.54, 1.807) is 0 Å². The van der Waals surface area contributed by atoms with Gasteiger partial charge < -0.3 is 15.2 Å². The molecule has 5 heteroatoms. The molecule has 1 aromatic heterocycles. The lowest BCUT2D eigenvalue weighted by Gasteiger charge is -2.05. The van der Waals surface area contributed by atoms with Crippen LogP contribution in [0.5, 0.6) is 0 Å². The van der Waals surface area contributed by atoms with Crippen LogP contribution < -0.4 is 10.6 Å². The van der Waals surface area contributed by atoms with Crippen LogP contribution in [0.25, 0.3) is 11.0 Å². The van der Waals surface area contributed by atoms with Gasteiger partial charge >= 0.3 is 0 Å². The van der Waals surface area contributed by atoms with Gasteiger partial charge in [0.25, 0.3) is 0 Å². The van der Waals surface area contributed by atoms with Gasteiger partial charge in [-0.25, -0.2) is 4.98 Å². The van der Waals surface area contributed by atoms with E-state index in [4.69, 9.17) is 0 Å². The number of fused-ring (bicyclic) bond motifs is 1. The summed E-state index contributed by atoms with van der Waals surface area (Å²) in [7, 11) is 3.83. The van der Waals surface area contributed by atoms with Crippen LogP contribution in [0, 0.1) is 0 Å².